The van der Waals surface area contributed by atoms with Crippen molar-refractivity contribution in [2.24, 2.45) is 11.8 Å². The highest BCUT2D eigenvalue weighted by molar-refractivity contribution is 5.97. The third-order valence-electron chi connectivity index (χ3n) is 5.10. The van der Waals surface area contributed by atoms with Crippen LogP contribution in [0.1, 0.15) is 63.7 Å². The minimum atomic E-state index is 0.0240. The van der Waals surface area contributed by atoms with E-state index in [1.54, 1.807) is 0 Å². The second-order valence-electron chi connectivity index (χ2n) is 8.07. The van der Waals surface area contributed by atoms with Gasteiger partial charge in [-0.25, -0.2) is 0 Å². The van der Waals surface area contributed by atoms with Gasteiger partial charge in [0.25, 0.3) is 0 Å². The van der Waals surface area contributed by atoms with Gasteiger partial charge in [0, 0.05) is 49.8 Å². The highest BCUT2D eigenvalue weighted by atomic mass is 16.2. The van der Waals surface area contributed by atoms with Crippen molar-refractivity contribution in [2.45, 2.75) is 53.4 Å². The minimum absolute atomic E-state index is 0.0240. The van der Waals surface area contributed by atoms with Crippen LogP contribution >= 0.6 is 0 Å². The predicted molar refractivity (Wildman–Crippen MR) is 108 cm³/mol. The Labute approximate surface area is 158 Å². The first-order valence-corrected chi connectivity index (χ1v) is 10.1. The van der Waals surface area contributed by atoms with Crippen molar-refractivity contribution in [3.63, 3.8) is 0 Å². The normalized spacial score (nSPS) is 15.0. The van der Waals surface area contributed by atoms with Crippen LogP contribution in [0, 0.1) is 11.8 Å². The van der Waals surface area contributed by atoms with E-state index in [2.05, 4.69) is 18.7 Å². The number of benzene rings is 1. The van der Waals surface area contributed by atoms with Crippen LogP contribution in [0.5, 0.6) is 0 Å². The number of unbranched alkanes of at least 4 members (excludes halogenated alkanes) is 1. The van der Waals surface area contributed by atoms with Crippen molar-refractivity contribution in [3.8, 4) is 0 Å². The first kappa shape index (κ1) is 20.5. The lowest BCUT2D eigenvalue weighted by Crippen LogP contribution is -2.48. The second kappa shape index (κ2) is 9.75. The van der Waals surface area contributed by atoms with Gasteiger partial charge in [-0.15, -0.1) is 0 Å². The zero-order chi connectivity index (χ0) is 19.1. The molecule has 144 valence electrons. The maximum absolute atomic E-state index is 12.3. The lowest BCUT2D eigenvalue weighted by molar-refractivity contribution is -0.131. The lowest BCUT2D eigenvalue weighted by Gasteiger charge is -2.36. The molecule has 1 aromatic carbocycles. The minimum Gasteiger partial charge on any atom is -0.368 e. The Hall–Kier alpha value is -1.84. The number of rotatable bonds is 8. The van der Waals surface area contributed by atoms with Crippen LogP contribution in [0.4, 0.5) is 5.69 Å². The molecule has 0 aromatic heterocycles. The molecule has 1 amide bonds. The van der Waals surface area contributed by atoms with Crippen molar-refractivity contribution in [3.05, 3.63) is 29.8 Å². The number of hydrogen-bond donors (Lipinski definition) is 0. The fourth-order valence-corrected chi connectivity index (χ4v) is 3.37. The second-order valence-corrected chi connectivity index (χ2v) is 8.07. The van der Waals surface area contributed by atoms with Gasteiger partial charge >= 0.3 is 0 Å². The van der Waals surface area contributed by atoms with Crippen LogP contribution < -0.4 is 4.90 Å². The van der Waals surface area contributed by atoms with Crippen molar-refractivity contribution < 1.29 is 9.59 Å². The summed E-state index contributed by atoms with van der Waals surface area (Å²) in [6.07, 6.45) is 4.03. The molecule has 1 saturated heterocycles. The number of carbonyl (C=O) groups is 2. The molecule has 1 aromatic rings. The van der Waals surface area contributed by atoms with Gasteiger partial charge in [-0.2, -0.15) is 0 Å². The van der Waals surface area contributed by atoms with Gasteiger partial charge in [0.2, 0.25) is 5.91 Å². The molecule has 26 heavy (non-hydrogen) atoms. The number of hydrogen-bond acceptors (Lipinski definition) is 3. The molecule has 1 aliphatic heterocycles. The van der Waals surface area contributed by atoms with E-state index in [0.717, 1.165) is 56.2 Å². The van der Waals surface area contributed by atoms with Gasteiger partial charge in [-0.1, -0.05) is 40.5 Å². The van der Waals surface area contributed by atoms with Crippen molar-refractivity contribution in [2.75, 3.05) is 31.1 Å². The molecule has 2 rings (SSSR count). The fraction of sp³-hybridized carbons (Fsp3) is 0.636. The van der Waals surface area contributed by atoms with Gasteiger partial charge in [-0.05, 0) is 36.6 Å². The number of piperazine rings is 1. The molecule has 0 unspecified atom stereocenters. The predicted octanol–water partition coefficient (Wildman–Crippen LogP) is 4.39. The van der Waals surface area contributed by atoms with Crippen LogP contribution in [-0.2, 0) is 4.79 Å². The van der Waals surface area contributed by atoms with E-state index in [0.29, 0.717) is 12.3 Å². The standard InChI is InChI=1S/C22H34N2O2/c1-17(2)7-5-6-8-21(25)24-15-13-23(14-16-24)20-11-9-19(10-12-20)22(26)18(3)4/h9-12,17-18H,5-8,13-16H2,1-4H3. The summed E-state index contributed by atoms with van der Waals surface area (Å²) < 4.78 is 0. The van der Waals surface area contributed by atoms with E-state index in [4.69, 9.17) is 0 Å². The van der Waals surface area contributed by atoms with Gasteiger partial charge in [-0.3, -0.25) is 9.59 Å². The summed E-state index contributed by atoms with van der Waals surface area (Å²) in [6.45, 7) is 11.6. The van der Waals surface area contributed by atoms with E-state index in [1.165, 1.54) is 6.42 Å². The Kier molecular flexibility index (Phi) is 7.67. The number of nitrogens with zero attached hydrogens (tertiary/aromatic N) is 2. The third kappa shape index (κ3) is 5.86. The first-order valence-electron chi connectivity index (χ1n) is 10.1. The molecule has 4 nitrogen and oxygen atoms in total. The molecule has 0 saturated carbocycles. The SMILES string of the molecule is CC(C)CCCCC(=O)N1CCN(c2ccc(C(=O)C(C)C)cc2)CC1. The van der Waals surface area contributed by atoms with Gasteiger partial charge in [0.05, 0.1) is 0 Å². The molecular weight excluding hydrogens is 324 g/mol. The maximum Gasteiger partial charge on any atom is 0.222 e. The summed E-state index contributed by atoms with van der Waals surface area (Å²) in [5, 5.41) is 0. The Morgan fingerprint density at radius 3 is 2.08 bits per heavy atom. The lowest BCUT2D eigenvalue weighted by atomic mass is 10.0. The van der Waals surface area contributed by atoms with E-state index < -0.39 is 0 Å². The summed E-state index contributed by atoms with van der Waals surface area (Å²) in [5.41, 5.74) is 1.91. The van der Waals surface area contributed by atoms with Gasteiger partial charge in [0.1, 0.15) is 0 Å². The van der Waals surface area contributed by atoms with E-state index in [9.17, 15) is 9.59 Å². The highest BCUT2D eigenvalue weighted by Crippen LogP contribution is 2.19. The Morgan fingerprint density at radius 2 is 1.54 bits per heavy atom. The molecule has 0 aliphatic carbocycles. The van der Waals surface area contributed by atoms with Crippen LogP contribution in [0.2, 0.25) is 0 Å². The molecular formula is C22H34N2O2. The average Bonchev–Trinajstić information content (AvgIpc) is 2.64. The summed E-state index contributed by atoms with van der Waals surface area (Å²) in [5.74, 6) is 1.22. The number of anilines is 1. The number of amides is 1. The van der Waals surface area contributed by atoms with Gasteiger partial charge < -0.3 is 9.80 Å². The monoisotopic (exact) mass is 358 g/mol. The molecule has 0 spiro atoms. The van der Waals surface area contributed by atoms with Crippen molar-refractivity contribution >= 4 is 17.4 Å². The van der Waals surface area contributed by atoms with Crippen LogP contribution in [0.25, 0.3) is 0 Å². The van der Waals surface area contributed by atoms with Crippen LogP contribution in [-0.4, -0.2) is 42.8 Å². The van der Waals surface area contributed by atoms with Gasteiger partial charge in [0.15, 0.2) is 5.78 Å². The smallest absolute Gasteiger partial charge is 0.222 e. The number of Topliss-reactive ketones (excluding diaryl/α,β-unsaturated/α-hetero) is 1. The third-order valence-corrected chi connectivity index (χ3v) is 5.10. The summed E-state index contributed by atoms with van der Waals surface area (Å²) in [6, 6.07) is 7.89. The number of ketones is 1. The molecule has 1 aliphatic rings. The summed E-state index contributed by atoms with van der Waals surface area (Å²) in [7, 11) is 0. The quantitative estimate of drug-likeness (QED) is 0.511. The van der Waals surface area contributed by atoms with Crippen LogP contribution in [0.3, 0.4) is 0 Å². The summed E-state index contributed by atoms with van der Waals surface area (Å²) in [4.78, 5) is 28.7. The molecule has 4 heteroatoms. The highest BCUT2D eigenvalue weighted by Gasteiger charge is 2.21. The first-order chi connectivity index (χ1) is 12.4. The molecule has 1 heterocycles. The van der Waals surface area contributed by atoms with Crippen molar-refractivity contribution in [1.29, 1.82) is 0 Å². The Balaban J connectivity index is 1.79. The zero-order valence-electron chi connectivity index (χ0n) is 16.8. The topological polar surface area (TPSA) is 40.6 Å². The summed E-state index contributed by atoms with van der Waals surface area (Å²) >= 11 is 0. The molecule has 0 radical (unpaired) electrons. The average molecular weight is 359 g/mol. The number of carbonyl (C=O) groups excluding carboxylic acids is 2. The van der Waals surface area contributed by atoms with Crippen molar-refractivity contribution in [1.82, 2.24) is 4.90 Å². The largest absolute Gasteiger partial charge is 0.368 e. The molecule has 0 atom stereocenters. The Morgan fingerprint density at radius 1 is 0.923 bits per heavy atom. The fourth-order valence-electron chi connectivity index (χ4n) is 3.37. The molecule has 1 fully saturated rings. The maximum atomic E-state index is 12.3. The van der Waals surface area contributed by atoms with E-state index in [1.807, 2.05) is 43.0 Å². The van der Waals surface area contributed by atoms with E-state index in [-0.39, 0.29) is 11.7 Å². The molecule has 0 bridgehead atoms. The van der Waals surface area contributed by atoms with Crippen LogP contribution in [0.15, 0.2) is 24.3 Å². The Bertz CT molecular complexity index is 585. The van der Waals surface area contributed by atoms with E-state index >= 15 is 0 Å². The molecule has 0 N–H and O–H groups in total. The zero-order valence-corrected chi connectivity index (χ0v) is 16.8.